The molecule has 0 bridgehead atoms. The zero-order valence-electron chi connectivity index (χ0n) is 15.5. The molecule has 0 saturated carbocycles. The summed E-state index contributed by atoms with van der Waals surface area (Å²) in [5, 5.41) is 0. The summed E-state index contributed by atoms with van der Waals surface area (Å²) in [6, 6.07) is 23.8. The first-order valence-corrected chi connectivity index (χ1v) is 9.56. The van der Waals surface area contributed by atoms with Crippen molar-refractivity contribution in [3.8, 4) is 0 Å². The Morgan fingerprint density at radius 2 is 1.25 bits per heavy atom. The Bertz CT molecular complexity index is 1040. The second-order valence-corrected chi connectivity index (χ2v) is 7.36. The van der Waals surface area contributed by atoms with E-state index < -0.39 is 0 Å². The van der Waals surface area contributed by atoms with Gasteiger partial charge in [0.2, 0.25) is 0 Å². The van der Waals surface area contributed by atoms with Gasteiger partial charge >= 0.3 is 0 Å². The van der Waals surface area contributed by atoms with Crippen molar-refractivity contribution >= 4 is 17.5 Å². The van der Waals surface area contributed by atoms with E-state index >= 15 is 0 Å². The van der Waals surface area contributed by atoms with Gasteiger partial charge in [-0.15, -0.1) is 0 Å². The van der Waals surface area contributed by atoms with Crippen molar-refractivity contribution in [1.82, 2.24) is 4.90 Å². The lowest BCUT2D eigenvalue weighted by Crippen LogP contribution is -2.29. The van der Waals surface area contributed by atoms with Crippen molar-refractivity contribution in [2.75, 3.05) is 11.4 Å². The minimum atomic E-state index is -0.210. The number of anilines is 1. The summed E-state index contributed by atoms with van der Waals surface area (Å²) in [6.45, 7) is 2.21. The van der Waals surface area contributed by atoms with Gasteiger partial charge in [0.1, 0.15) is 0 Å². The molecule has 3 aromatic carbocycles. The molecule has 0 N–H and O–H groups in total. The Kier molecular flexibility index (Phi) is 3.97. The Hall–Kier alpha value is -3.40. The standard InChI is InChI=1S/C24H20N2O2/c27-23-20-6-2-3-7-21(20)24(28)26(23)16-18-11-9-17(10-12-18)15-25-14-13-19-5-1-4-8-22(19)25/h1-12H,13-16H2. The van der Waals surface area contributed by atoms with Crippen LogP contribution < -0.4 is 4.90 Å². The highest BCUT2D eigenvalue weighted by molar-refractivity contribution is 6.21. The van der Waals surface area contributed by atoms with Gasteiger partial charge in [-0.25, -0.2) is 0 Å². The zero-order chi connectivity index (χ0) is 19.1. The highest BCUT2D eigenvalue weighted by atomic mass is 16.2. The molecule has 0 saturated heterocycles. The third kappa shape index (κ3) is 2.78. The number of imide groups is 1. The van der Waals surface area contributed by atoms with E-state index in [9.17, 15) is 9.59 Å². The smallest absolute Gasteiger partial charge is 0.261 e. The van der Waals surface area contributed by atoms with E-state index in [4.69, 9.17) is 0 Å². The highest BCUT2D eigenvalue weighted by Crippen LogP contribution is 2.29. The Morgan fingerprint density at radius 1 is 0.679 bits per heavy atom. The van der Waals surface area contributed by atoms with E-state index in [1.165, 1.54) is 21.7 Å². The van der Waals surface area contributed by atoms with Crippen molar-refractivity contribution < 1.29 is 9.59 Å². The number of amides is 2. The Labute approximate surface area is 164 Å². The molecule has 0 aromatic heterocycles. The van der Waals surface area contributed by atoms with Gasteiger partial charge in [-0.2, -0.15) is 0 Å². The molecule has 2 heterocycles. The molecular weight excluding hydrogens is 348 g/mol. The fraction of sp³-hybridized carbons (Fsp3) is 0.167. The van der Waals surface area contributed by atoms with Crippen LogP contribution in [-0.2, 0) is 19.5 Å². The van der Waals surface area contributed by atoms with Gasteiger partial charge in [0.15, 0.2) is 0 Å². The van der Waals surface area contributed by atoms with Gasteiger partial charge in [-0.05, 0) is 41.3 Å². The fourth-order valence-corrected chi connectivity index (χ4v) is 4.11. The maximum absolute atomic E-state index is 12.5. The second-order valence-electron chi connectivity index (χ2n) is 7.36. The molecule has 4 heteroatoms. The van der Waals surface area contributed by atoms with Crippen molar-refractivity contribution in [3.05, 3.63) is 101 Å². The topological polar surface area (TPSA) is 40.6 Å². The summed E-state index contributed by atoms with van der Waals surface area (Å²) >= 11 is 0. The van der Waals surface area contributed by atoms with E-state index in [0.29, 0.717) is 17.7 Å². The third-order valence-electron chi connectivity index (χ3n) is 5.60. The maximum Gasteiger partial charge on any atom is 0.261 e. The van der Waals surface area contributed by atoms with Gasteiger partial charge in [-0.1, -0.05) is 54.6 Å². The molecular formula is C24H20N2O2. The largest absolute Gasteiger partial charge is 0.367 e. The Morgan fingerprint density at radius 3 is 1.93 bits per heavy atom. The molecule has 2 aliphatic heterocycles. The van der Waals surface area contributed by atoms with Crippen LogP contribution in [0.2, 0.25) is 0 Å². The van der Waals surface area contributed by atoms with E-state index in [1.807, 2.05) is 12.1 Å². The molecule has 138 valence electrons. The van der Waals surface area contributed by atoms with E-state index in [0.717, 1.165) is 25.1 Å². The van der Waals surface area contributed by atoms with Crippen molar-refractivity contribution in [2.45, 2.75) is 19.5 Å². The van der Waals surface area contributed by atoms with Gasteiger partial charge < -0.3 is 4.90 Å². The van der Waals surface area contributed by atoms with Crippen LogP contribution in [0.3, 0.4) is 0 Å². The van der Waals surface area contributed by atoms with Gasteiger partial charge in [0.25, 0.3) is 11.8 Å². The van der Waals surface area contributed by atoms with Gasteiger partial charge in [-0.3, -0.25) is 14.5 Å². The van der Waals surface area contributed by atoms with Gasteiger partial charge in [0, 0.05) is 18.8 Å². The number of benzene rings is 3. The predicted molar refractivity (Wildman–Crippen MR) is 108 cm³/mol. The second kappa shape index (κ2) is 6.64. The van der Waals surface area contributed by atoms with Crippen LogP contribution >= 0.6 is 0 Å². The highest BCUT2D eigenvalue weighted by Gasteiger charge is 2.34. The van der Waals surface area contributed by atoms with Crippen molar-refractivity contribution in [1.29, 1.82) is 0 Å². The molecule has 0 atom stereocenters. The number of fused-ring (bicyclic) bond motifs is 2. The number of carbonyl (C=O) groups excluding carboxylic acids is 2. The molecule has 2 aliphatic rings. The average Bonchev–Trinajstić information content (AvgIpc) is 3.24. The van der Waals surface area contributed by atoms with E-state index in [-0.39, 0.29) is 11.8 Å². The molecule has 28 heavy (non-hydrogen) atoms. The molecule has 5 rings (SSSR count). The van der Waals surface area contributed by atoms with Crippen LogP contribution in [0.1, 0.15) is 37.4 Å². The zero-order valence-corrected chi connectivity index (χ0v) is 15.5. The first-order chi connectivity index (χ1) is 13.7. The molecule has 0 radical (unpaired) electrons. The molecule has 0 spiro atoms. The molecule has 0 fully saturated rings. The first kappa shape index (κ1) is 16.8. The summed E-state index contributed by atoms with van der Waals surface area (Å²) in [5.74, 6) is -0.420. The number of rotatable bonds is 4. The lowest BCUT2D eigenvalue weighted by molar-refractivity contribution is 0.0642. The molecule has 4 nitrogen and oxygen atoms in total. The summed E-state index contributed by atoms with van der Waals surface area (Å²) in [6.07, 6.45) is 1.09. The van der Waals surface area contributed by atoms with Crippen LogP contribution in [-0.4, -0.2) is 23.3 Å². The van der Waals surface area contributed by atoms with Crippen LogP contribution in [0.25, 0.3) is 0 Å². The van der Waals surface area contributed by atoms with Crippen LogP contribution in [0, 0.1) is 0 Å². The predicted octanol–water partition coefficient (Wildman–Crippen LogP) is 4.05. The first-order valence-electron chi connectivity index (χ1n) is 9.56. The number of carbonyl (C=O) groups is 2. The summed E-state index contributed by atoms with van der Waals surface area (Å²) in [4.78, 5) is 28.8. The third-order valence-corrected chi connectivity index (χ3v) is 5.60. The quantitative estimate of drug-likeness (QED) is 0.653. The number of nitrogens with zero attached hydrogens (tertiary/aromatic N) is 2. The molecule has 0 aliphatic carbocycles. The fourth-order valence-electron chi connectivity index (χ4n) is 4.11. The molecule has 0 unspecified atom stereocenters. The SMILES string of the molecule is O=C1c2ccccc2C(=O)N1Cc1ccc(CN2CCc3ccccc32)cc1. The normalized spacial score (nSPS) is 15.1. The van der Waals surface area contributed by atoms with Crippen LogP contribution in [0.4, 0.5) is 5.69 Å². The Balaban J connectivity index is 1.29. The van der Waals surface area contributed by atoms with Gasteiger partial charge in [0.05, 0.1) is 17.7 Å². The molecule has 2 amide bonds. The maximum atomic E-state index is 12.5. The van der Waals surface area contributed by atoms with Crippen LogP contribution in [0.15, 0.2) is 72.8 Å². The molecule has 3 aromatic rings. The minimum Gasteiger partial charge on any atom is -0.367 e. The average molecular weight is 368 g/mol. The lowest BCUT2D eigenvalue weighted by atomic mass is 10.1. The lowest BCUT2D eigenvalue weighted by Gasteiger charge is -2.20. The number of hydrogen-bond donors (Lipinski definition) is 0. The minimum absolute atomic E-state index is 0.210. The van der Waals surface area contributed by atoms with E-state index in [1.54, 1.807) is 24.3 Å². The van der Waals surface area contributed by atoms with Crippen molar-refractivity contribution in [3.63, 3.8) is 0 Å². The van der Waals surface area contributed by atoms with Crippen LogP contribution in [0.5, 0.6) is 0 Å². The summed E-state index contributed by atoms with van der Waals surface area (Å²) in [5.41, 5.74) is 5.90. The van der Waals surface area contributed by atoms with Crippen molar-refractivity contribution in [2.24, 2.45) is 0 Å². The summed E-state index contributed by atoms with van der Waals surface area (Å²) in [7, 11) is 0. The van der Waals surface area contributed by atoms with E-state index in [2.05, 4.69) is 41.3 Å². The number of para-hydroxylation sites is 1. The number of hydrogen-bond acceptors (Lipinski definition) is 3. The summed E-state index contributed by atoms with van der Waals surface area (Å²) < 4.78 is 0. The monoisotopic (exact) mass is 368 g/mol.